The number of nitrogens with one attached hydrogen (secondary N) is 1. The molecule has 0 aromatic heterocycles. The highest BCUT2D eigenvalue weighted by molar-refractivity contribution is 6.44. The highest BCUT2D eigenvalue weighted by atomic mass is 16.2. The summed E-state index contributed by atoms with van der Waals surface area (Å²) in [5.41, 5.74) is 0. The second-order valence-corrected chi connectivity index (χ2v) is 3.86. The molecule has 1 atom stereocenters. The highest BCUT2D eigenvalue weighted by Crippen LogP contribution is 2.13. The molecule has 0 spiro atoms. The van der Waals surface area contributed by atoms with Crippen LogP contribution >= 0.6 is 0 Å². The van der Waals surface area contributed by atoms with Crippen molar-refractivity contribution in [1.29, 1.82) is 0 Å². The predicted molar refractivity (Wildman–Crippen MR) is 50.9 cm³/mol. The van der Waals surface area contributed by atoms with Crippen molar-refractivity contribution < 1.29 is 14.4 Å². The van der Waals surface area contributed by atoms with Crippen LogP contribution in [0.1, 0.15) is 12.8 Å². The first-order chi connectivity index (χ1) is 7.11. The van der Waals surface area contributed by atoms with Crippen LogP contribution in [-0.4, -0.2) is 53.8 Å². The van der Waals surface area contributed by atoms with Crippen molar-refractivity contribution in [1.82, 2.24) is 15.1 Å². The summed E-state index contributed by atoms with van der Waals surface area (Å²) in [6.07, 6.45) is 1.99. The summed E-state index contributed by atoms with van der Waals surface area (Å²) in [6.45, 7) is 1.21. The number of imide groups is 2. The number of hydrogen-bond acceptors (Lipinski definition) is 4. The second-order valence-electron chi connectivity index (χ2n) is 3.86. The van der Waals surface area contributed by atoms with Gasteiger partial charge < -0.3 is 5.32 Å². The minimum atomic E-state index is -0.738. The van der Waals surface area contributed by atoms with Gasteiger partial charge in [-0.25, -0.2) is 4.79 Å². The van der Waals surface area contributed by atoms with Crippen molar-refractivity contribution in [3.05, 3.63) is 0 Å². The van der Waals surface area contributed by atoms with Crippen LogP contribution in [0.15, 0.2) is 0 Å². The Morgan fingerprint density at radius 3 is 2.53 bits per heavy atom. The summed E-state index contributed by atoms with van der Waals surface area (Å²) >= 11 is 0. The van der Waals surface area contributed by atoms with Gasteiger partial charge in [-0.2, -0.15) is 0 Å². The van der Waals surface area contributed by atoms with Gasteiger partial charge in [0.25, 0.3) is 0 Å². The molecular formula is C9H13N3O3. The molecule has 0 saturated carbocycles. The molecule has 2 aliphatic heterocycles. The largest absolute Gasteiger partial charge is 0.334 e. The Balaban J connectivity index is 2.05. The number of carbonyl (C=O) groups is 3. The lowest BCUT2D eigenvalue weighted by atomic mass is 10.2. The second kappa shape index (κ2) is 3.62. The maximum atomic E-state index is 11.5. The molecule has 2 aliphatic rings. The Morgan fingerprint density at radius 2 is 2.07 bits per heavy atom. The molecule has 6 heteroatoms. The molecule has 2 saturated heterocycles. The van der Waals surface area contributed by atoms with Crippen LogP contribution in [0.2, 0.25) is 0 Å². The van der Waals surface area contributed by atoms with Gasteiger partial charge in [0.15, 0.2) is 0 Å². The maximum absolute atomic E-state index is 11.5. The third-order valence-corrected chi connectivity index (χ3v) is 2.82. The van der Waals surface area contributed by atoms with E-state index >= 15 is 0 Å². The lowest BCUT2D eigenvalue weighted by Crippen LogP contribution is -2.41. The van der Waals surface area contributed by atoms with Gasteiger partial charge in [-0.05, 0) is 19.4 Å². The maximum Gasteiger partial charge on any atom is 0.334 e. The van der Waals surface area contributed by atoms with Gasteiger partial charge in [0.05, 0.1) is 0 Å². The third kappa shape index (κ3) is 1.61. The number of likely N-dealkylation sites (N-methyl/N-ethyl adjacent to an activating group) is 1. The van der Waals surface area contributed by atoms with E-state index in [1.807, 2.05) is 0 Å². The van der Waals surface area contributed by atoms with Gasteiger partial charge in [-0.3, -0.25) is 19.4 Å². The molecule has 1 N–H and O–H groups in total. The zero-order valence-corrected chi connectivity index (χ0v) is 8.52. The van der Waals surface area contributed by atoms with E-state index in [0.717, 1.165) is 29.2 Å². The molecule has 82 valence electrons. The fourth-order valence-electron chi connectivity index (χ4n) is 1.91. The molecule has 6 nitrogen and oxygen atoms in total. The van der Waals surface area contributed by atoms with E-state index in [0.29, 0.717) is 6.54 Å². The number of amides is 4. The summed E-state index contributed by atoms with van der Waals surface area (Å²) in [4.78, 5) is 36.0. The molecule has 2 fully saturated rings. The summed E-state index contributed by atoms with van der Waals surface area (Å²) in [6, 6.07) is -0.379. The van der Waals surface area contributed by atoms with Crippen molar-refractivity contribution in [3.63, 3.8) is 0 Å². The quantitative estimate of drug-likeness (QED) is 0.477. The minimum Gasteiger partial charge on any atom is -0.312 e. The van der Waals surface area contributed by atoms with E-state index in [1.165, 1.54) is 7.05 Å². The standard InChI is InChI=1S/C9H13N3O3/c1-11-7(13)8(14)12(9(11)15)5-6-3-2-4-10-6/h6,10H,2-5H2,1H3/t6-/m1/s1. The normalized spacial score (nSPS) is 27.0. The van der Waals surface area contributed by atoms with E-state index in [2.05, 4.69) is 5.32 Å². The molecule has 0 bridgehead atoms. The summed E-state index contributed by atoms with van der Waals surface area (Å²) in [5, 5.41) is 3.18. The Morgan fingerprint density at radius 1 is 1.33 bits per heavy atom. The molecule has 0 unspecified atom stereocenters. The fourth-order valence-corrected chi connectivity index (χ4v) is 1.91. The highest BCUT2D eigenvalue weighted by Gasteiger charge is 2.43. The molecule has 0 radical (unpaired) electrons. The van der Waals surface area contributed by atoms with Crippen molar-refractivity contribution in [2.45, 2.75) is 18.9 Å². The lowest BCUT2D eigenvalue weighted by molar-refractivity contribution is -0.142. The summed E-state index contributed by atoms with van der Waals surface area (Å²) in [5.74, 6) is -1.45. The van der Waals surface area contributed by atoms with Gasteiger partial charge in [0.2, 0.25) is 0 Å². The molecule has 15 heavy (non-hydrogen) atoms. The van der Waals surface area contributed by atoms with Gasteiger partial charge in [-0.15, -0.1) is 0 Å². The van der Waals surface area contributed by atoms with Gasteiger partial charge in [0, 0.05) is 19.6 Å². The van der Waals surface area contributed by atoms with Crippen LogP contribution in [0.5, 0.6) is 0 Å². The van der Waals surface area contributed by atoms with Crippen molar-refractivity contribution in [2.24, 2.45) is 0 Å². The summed E-state index contributed by atoms with van der Waals surface area (Å²) in [7, 11) is 1.32. The first kappa shape index (κ1) is 10.1. The van der Waals surface area contributed by atoms with Gasteiger partial charge in [0.1, 0.15) is 0 Å². The zero-order valence-electron chi connectivity index (χ0n) is 8.52. The molecule has 2 rings (SSSR count). The molecule has 0 aromatic rings. The number of urea groups is 1. The van der Waals surface area contributed by atoms with Crippen LogP contribution in [0, 0.1) is 0 Å². The van der Waals surface area contributed by atoms with Crippen LogP contribution in [0.25, 0.3) is 0 Å². The van der Waals surface area contributed by atoms with E-state index in [4.69, 9.17) is 0 Å². The van der Waals surface area contributed by atoms with Gasteiger partial charge in [-0.1, -0.05) is 0 Å². The average Bonchev–Trinajstić information content (AvgIpc) is 2.79. The number of carbonyl (C=O) groups excluding carboxylic acids is 3. The average molecular weight is 211 g/mol. The Kier molecular flexibility index (Phi) is 2.44. The zero-order chi connectivity index (χ0) is 11.0. The molecule has 2 heterocycles. The topological polar surface area (TPSA) is 69.7 Å². The minimum absolute atomic E-state index is 0.136. The van der Waals surface area contributed by atoms with E-state index in [-0.39, 0.29) is 6.04 Å². The van der Waals surface area contributed by atoms with Crippen molar-refractivity contribution >= 4 is 17.8 Å². The number of hydrogen-bond donors (Lipinski definition) is 1. The molecule has 0 aromatic carbocycles. The van der Waals surface area contributed by atoms with E-state index < -0.39 is 17.8 Å². The van der Waals surface area contributed by atoms with Crippen LogP contribution in [0.4, 0.5) is 4.79 Å². The van der Waals surface area contributed by atoms with Crippen LogP contribution < -0.4 is 5.32 Å². The SMILES string of the molecule is CN1C(=O)C(=O)N(C[C@H]2CCCN2)C1=O. The Bertz CT molecular complexity index is 323. The molecular weight excluding hydrogens is 198 g/mol. The van der Waals surface area contributed by atoms with Crippen molar-refractivity contribution in [3.8, 4) is 0 Å². The van der Waals surface area contributed by atoms with Crippen LogP contribution in [-0.2, 0) is 9.59 Å². The van der Waals surface area contributed by atoms with Crippen LogP contribution in [0.3, 0.4) is 0 Å². The fraction of sp³-hybridized carbons (Fsp3) is 0.667. The number of rotatable bonds is 2. The Labute approximate surface area is 87.2 Å². The van der Waals surface area contributed by atoms with Gasteiger partial charge >= 0.3 is 17.8 Å². The summed E-state index contributed by atoms with van der Waals surface area (Å²) < 4.78 is 0. The first-order valence-electron chi connectivity index (χ1n) is 4.98. The number of nitrogens with zero attached hydrogens (tertiary/aromatic N) is 2. The smallest absolute Gasteiger partial charge is 0.312 e. The Hall–Kier alpha value is -1.43. The molecule has 4 amide bonds. The predicted octanol–water partition coefficient (Wildman–Crippen LogP) is -0.841. The first-order valence-corrected chi connectivity index (χ1v) is 4.98. The monoisotopic (exact) mass is 211 g/mol. The van der Waals surface area contributed by atoms with E-state index in [1.54, 1.807) is 0 Å². The van der Waals surface area contributed by atoms with Crippen molar-refractivity contribution in [2.75, 3.05) is 20.1 Å². The van der Waals surface area contributed by atoms with E-state index in [9.17, 15) is 14.4 Å². The lowest BCUT2D eigenvalue weighted by Gasteiger charge is -2.17. The molecule has 0 aliphatic carbocycles. The third-order valence-electron chi connectivity index (χ3n) is 2.82.